The van der Waals surface area contributed by atoms with Crippen LogP contribution >= 0.6 is 15.9 Å². The van der Waals surface area contributed by atoms with Gasteiger partial charge in [0.2, 0.25) is 0 Å². The standard InChI is InChI=1S/C15H11BrN2O2/c1-9-5-6-13-12(17-9)8-14(20-13)15(19)18-11-4-2-3-10(16)7-11/h2-8H,1H3,(H,18,19). The molecule has 100 valence electrons. The summed E-state index contributed by atoms with van der Waals surface area (Å²) in [6.45, 7) is 1.90. The van der Waals surface area contributed by atoms with Crippen molar-refractivity contribution in [3.05, 3.63) is 58.4 Å². The van der Waals surface area contributed by atoms with Crippen molar-refractivity contribution in [3.8, 4) is 0 Å². The van der Waals surface area contributed by atoms with Crippen LogP contribution in [0, 0.1) is 6.92 Å². The molecule has 0 atom stereocenters. The number of halogens is 1. The lowest BCUT2D eigenvalue weighted by atomic mass is 10.3. The maximum Gasteiger partial charge on any atom is 0.291 e. The van der Waals surface area contributed by atoms with Gasteiger partial charge in [0.25, 0.3) is 5.91 Å². The highest BCUT2D eigenvalue weighted by Gasteiger charge is 2.13. The van der Waals surface area contributed by atoms with Gasteiger partial charge < -0.3 is 9.73 Å². The maximum absolute atomic E-state index is 12.1. The van der Waals surface area contributed by atoms with Gasteiger partial charge in [0, 0.05) is 21.9 Å². The molecule has 1 N–H and O–H groups in total. The molecule has 20 heavy (non-hydrogen) atoms. The summed E-state index contributed by atoms with van der Waals surface area (Å²) in [4.78, 5) is 16.5. The predicted molar refractivity (Wildman–Crippen MR) is 80.8 cm³/mol. The Bertz CT molecular complexity index is 795. The van der Waals surface area contributed by atoms with Gasteiger partial charge in [-0.25, -0.2) is 4.98 Å². The minimum Gasteiger partial charge on any atom is -0.449 e. The number of rotatable bonds is 2. The minimum absolute atomic E-state index is 0.248. The Hall–Kier alpha value is -2.14. The van der Waals surface area contributed by atoms with Crippen LogP contribution in [-0.2, 0) is 0 Å². The molecule has 0 saturated heterocycles. The molecule has 5 heteroatoms. The molecule has 0 radical (unpaired) electrons. The fourth-order valence-electron chi connectivity index (χ4n) is 1.90. The predicted octanol–water partition coefficient (Wildman–Crippen LogP) is 4.15. The first-order valence-corrected chi connectivity index (χ1v) is 6.85. The van der Waals surface area contributed by atoms with Crippen molar-refractivity contribution in [1.29, 1.82) is 0 Å². The number of fused-ring (bicyclic) bond motifs is 1. The fraction of sp³-hybridized carbons (Fsp3) is 0.0667. The average molecular weight is 331 g/mol. The van der Waals surface area contributed by atoms with Crippen molar-refractivity contribution in [2.24, 2.45) is 0 Å². The zero-order valence-corrected chi connectivity index (χ0v) is 12.3. The summed E-state index contributed by atoms with van der Waals surface area (Å²) < 4.78 is 6.40. The molecule has 2 aromatic heterocycles. The molecule has 2 heterocycles. The monoisotopic (exact) mass is 330 g/mol. The van der Waals surface area contributed by atoms with E-state index >= 15 is 0 Å². The quantitative estimate of drug-likeness (QED) is 0.767. The fourth-order valence-corrected chi connectivity index (χ4v) is 2.30. The van der Waals surface area contributed by atoms with Gasteiger partial charge in [0.1, 0.15) is 5.52 Å². The number of nitrogens with zero attached hydrogens (tertiary/aromatic N) is 1. The van der Waals surface area contributed by atoms with Gasteiger partial charge in [0.05, 0.1) is 0 Å². The molecule has 0 aliphatic rings. The molecular formula is C15H11BrN2O2. The Morgan fingerprint density at radius 3 is 2.90 bits per heavy atom. The second-order valence-corrected chi connectivity index (χ2v) is 5.33. The summed E-state index contributed by atoms with van der Waals surface area (Å²) in [5.41, 5.74) is 2.88. The number of pyridine rings is 1. The highest BCUT2D eigenvalue weighted by Crippen LogP contribution is 2.20. The lowest BCUT2D eigenvalue weighted by Gasteiger charge is -2.02. The zero-order chi connectivity index (χ0) is 14.1. The molecular weight excluding hydrogens is 320 g/mol. The average Bonchev–Trinajstić information content (AvgIpc) is 2.81. The maximum atomic E-state index is 12.1. The molecule has 3 aromatic rings. The first kappa shape index (κ1) is 12.9. The highest BCUT2D eigenvalue weighted by atomic mass is 79.9. The lowest BCUT2D eigenvalue weighted by Crippen LogP contribution is -2.10. The van der Waals surface area contributed by atoms with E-state index in [2.05, 4.69) is 26.2 Å². The Kier molecular flexibility index (Phi) is 3.28. The normalized spacial score (nSPS) is 10.7. The van der Waals surface area contributed by atoms with Crippen LogP contribution in [0.1, 0.15) is 16.2 Å². The van der Waals surface area contributed by atoms with E-state index in [-0.39, 0.29) is 11.7 Å². The van der Waals surface area contributed by atoms with Gasteiger partial charge in [-0.2, -0.15) is 0 Å². The van der Waals surface area contributed by atoms with Crippen LogP contribution in [0.5, 0.6) is 0 Å². The van der Waals surface area contributed by atoms with Crippen molar-refractivity contribution in [2.75, 3.05) is 5.32 Å². The molecule has 1 amide bonds. The van der Waals surface area contributed by atoms with Crippen LogP contribution in [-0.4, -0.2) is 10.9 Å². The van der Waals surface area contributed by atoms with Crippen LogP contribution in [0.15, 0.2) is 51.4 Å². The molecule has 0 bridgehead atoms. The van der Waals surface area contributed by atoms with Crippen LogP contribution in [0.3, 0.4) is 0 Å². The number of hydrogen-bond acceptors (Lipinski definition) is 3. The van der Waals surface area contributed by atoms with Crippen molar-refractivity contribution >= 4 is 38.6 Å². The summed E-state index contributed by atoms with van der Waals surface area (Å²) in [7, 11) is 0. The Labute approximate surface area is 123 Å². The number of aryl methyl sites for hydroxylation is 1. The van der Waals surface area contributed by atoms with E-state index in [4.69, 9.17) is 4.42 Å². The third-order valence-electron chi connectivity index (χ3n) is 2.82. The second-order valence-electron chi connectivity index (χ2n) is 4.41. The van der Waals surface area contributed by atoms with Gasteiger partial charge >= 0.3 is 0 Å². The van der Waals surface area contributed by atoms with Crippen LogP contribution in [0.4, 0.5) is 5.69 Å². The summed E-state index contributed by atoms with van der Waals surface area (Å²) >= 11 is 3.36. The third-order valence-corrected chi connectivity index (χ3v) is 3.31. The van der Waals surface area contributed by atoms with E-state index < -0.39 is 0 Å². The van der Waals surface area contributed by atoms with Crippen molar-refractivity contribution in [2.45, 2.75) is 6.92 Å². The van der Waals surface area contributed by atoms with Gasteiger partial charge in [-0.05, 0) is 37.3 Å². The van der Waals surface area contributed by atoms with E-state index in [9.17, 15) is 4.79 Å². The summed E-state index contributed by atoms with van der Waals surface area (Å²) in [5.74, 6) is -0.0446. The number of aromatic nitrogens is 1. The van der Waals surface area contributed by atoms with E-state index in [1.165, 1.54) is 0 Å². The zero-order valence-electron chi connectivity index (χ0n) is 10.7. The van der Waals surface area contributed by atoms with Crippen LogP contribution in [0.25, 0.3) is 11.1 Å². The highest BCUT2D eigenvalue weighted by molar-refractivity contribution is 9.10. The van der Waals surface area contributed by atoms with E-state index in [0.717, 1.165) is 10.2 Å². The molecule has 0 spiro atoms. The molecule has 0 unspecified atom stereocenters. The number of carbonyl (C=O) groups excluding carboxylic acids is 1. The van der Waals surface area contributed by atoms with Gasteiger partial charge in [-0.15, -0.1) is 0 Å². The second kappa shape index (κ2) is 5.09. The number of anilines is 1. The summed E-state index contributed by atoms with van der Waals surface area (Å²) in [6, 6.07) is 12.7. The molecule has 1 aromatic carbocycles. The molecule has 0 aliphatic carbocycles. The molecule has 0 fully saturated rings. The first-order valence-electron chi connectivity index (χ1n) is 6.06. The van der Waals surface area contributed by atoms with Gasteiger partial charge in [-0.3, -0.25) is 4.79 Å². The van der Waals surface area contributed by atoms with Gasteiger partial charge in [-0.1, -0.05) is 22.0 Å². The Morgan fingerprint density at radius 1 is 1.25 bits per heavy atom. The largest absolute Gasteiger partial charge is 0.449 e. The van der Waals surface area contributed by atoms with E-state index in [0.29, 0.717) is 16.8 Å². The lowest BCUT2D eigenvalue weighted by molar-refractivity contribution is 0.0998. The van der Waals surface area contributed by atoms with Crippen molar-refractivity contribution in [3.63, 3.8) is 0 Å². The number of benzene rings is 1. The number of nitrogens with one attached hydrogen (secondary N) is 1. The van der Waals surface area contributed by atoms with Crippen LogP contribution in [0.2, 0.25) is 0 Å². The topological polar surface area (TPSA) is 55.1 Å². The number of carbonyl (C=O) groups is 1. The first-order chi connectivity index (χ1) is 9.61. The Balaban J connectivity index is 1.88. The van der Waals surface area contributed by atoms with Crippen LogP contribution < -0.4 is 5.32 Å². The SMILES string of the molecule is Cc1ccc2oc(C(=O)Nc3cccc(Br)c3)cc2n1. The third kappa shape index (κ3) is 2.58. The number of furan rings is 1. The summed E-state index contributed by atoms with van der Waals surface area (Å²) in [5, 5.41) is 2.78. The van der Waals surface area contributed by atoms with E-state index in [1.807, 2.05) is 43.3 Å². The smallest absolute Gasteiger partial charge is 0.291 e. The van der Waals surface area contributed by atoms with Gasteiger partial charge in [0.15, 0.2) is 11.3 Å². The molecule has 0 aliphatic heterocycles. The van der Waals surface area contributed by atoms with Crippen molar-refractivity contribution in [1.82, 2.24) is 4.98 Å². The summed E-state index contributed by atoms with van der Waals surface area (Å²) in [6.07, 6.45) is 0. The molecule has 3 rings (SSSR count). The number of amides is 1. The Morgan fingerprint density at radius 2 is 2.10 bits per heavy atom. The van der Waals surface area contributed by atoms with E-state index in [1.54, 1.807) is 6.07 Å². The molecule has 0 saturated carbocycles. The minimum atomic E-state index is -0.293. The number of hydrogen-bond donors (Lipinski definition) is 1. The van der Waals surface area contributed by atoms with Crippen molar-refractivity contribution < 1.29 is 9.21 Å². The molecule has 4 nitrogen and oxygen atoms in total.